The number of benzene rings is 2. The summed E-state index contributed by atoms with van der Waals surface area (Å²) >= 11 is 1.59. The second kappa shape index (κ2) is 11.0. The Morgan fingerprint density at radius 2 is 1.61 bits per heavy atom. The van der Waals surface area contributed by atoms with Crippen molar-refractivity contribution >= 4 is 27.3 Å². The van der Waals surface area contributed by atoms with Crippen LogP contribution in [0.4, 0.5) is 4.39 Å². The van der Waals surface area contributed by atoms with E-state index >= 15 is 0 Å². The molecule has 0 bridgehead atoms. The molecule has 0 saturated heterocycles. The minimum absolute atomic E-state index is 0.174. The van der Waals surface area contributed by atoms with Crippen LogP contribution >= 0.6 is 11.3 Å². The summed E-state index contributed by atoms with van der Waals surface area (Å²) in [5.74, 6) is -0.640. The SMILES string of the molecule is CCCN(CC(=O)N(Cc1ccc(F)cc1)Cc1ccc(C)s1)S(=O)(=O)c1ccc(C)cc1. The Bertz CT molecular complexity index is 1170. The minimum atomic E-state index is -3.82. The fourth-order valence-corrected chi connectivity index (χ4v) is 5.83. The maximum Gasteiger partial charge on any atom is 0.243 e. The predicted octanol–water partition coefficient (Wildman–Crippen LogP) is 5.13. The van der Waals surface area contributed by atoms with Crippen molar-refractivity contribution in [3.8, 4) is 0 Å². The van der Waals surface area contributed by atoms with Crippen LogP contribution in [0, 0.1) is 19.7 Å². The number of rotatable bonds is 10. The molecule has 0 fully saturated rings. The van der Waals surface area contributed by atoms with Crippen LogP contribution in [0.25, 0.3) is 0 Å². The Hall–Kier alpha value is -2.55. The third-order valence-electron chi connectivity index (χ3n) is 5.23. The number of thiophene rings is 1. The zero-order chi connectivity index (χ0) is 24.0. The van der Waals surface area contributed by atoms with Gasteiger partial charge in [0.15, 0.2) is 0 Å². The van der Waals surface area contributed by atoms with E-state index in [1.165, 1.54) is 16.4 Å². The van der Waals surface area contributed by atoms with Gasteiger partial charge in [0, 0.05) is 22.8 Å². The molecule has 1 heterocycles. The highest BCUT2D eigenvalue weighted by atomic mass is 32.2. The summed E-state index contributed by atoms with van der Waals surface area (Å²) in [6.45, 7) is 6.38. The smallest absolute Gasteiger partial charge is 0.243 e. The molecule has 5 nitrogen and oxygen atoms in total. The molecule has 0 radical (unpaired) electrons. The molecule has 3 rings (SSSR count). The van der Waals surface area contributed by atoms with Crippen molar-refractivity contribution in [3.05, 3.63) is 87.4 Å². The Labute approximate surface area is 199 Å². The molecule has 3 aromatic rings. The van der Waals surface area contributed by atoms with E-state index in [9.17, 15) is 17.6 Å². The maximum atomic E-state index is 13.4. The van der Waals surface area contributed by atoms with Crippen LogP contribution in [-0.2, 0) is 27.9 Å². The lowest BCUT2D eigenvalue weighted by Crippen LogP contribution is -2.42. The van der Waals surface area contributed by atoms with Crippen molar-refractivity contribution in [1.29, 1.82) is 0 Å². The topological polar surface area (TPSA) is 57.7 Å². The monoisotopic (exact) mass is 488 g/mol. The molecule has 0 aliphatic carbocycles. The quantitative estimate of drug-likeness (QED) is 0.397. The normalized spacial score (nSPS) is 11.7. The molecule has 0 saturated carbocycles. The van der Waals surface area contributed by atoms with E-state index < -0.39 is 10.0 Å². The fraction of sp³-hybridized carbons (Fsp3) is 0.320. The molecule has 8 heteroatoms. The zero-order valence-corrected chi connectivity index (χ0v) is 20.8. The molecule has 176 valence electrons. The van der Waals surface area contributed by atoms with Crippen molar-refractivity contribution < 1.29 is 17.6 Å². The summed E-state index contributed by atoms with van der Waals surface area (Å²) in [6, 6.07) is 16.6. The summed E-state index contributed by atoms with van der Waals surface area (Å²) in [5, 5.41) is 0. The van der Waals surface area contributed by atoms with Crippen molar-refractivity contribution in [2.45, 2.75) is 45.2 Å². The van der Waals surface area contributed by atoms with E-state index in [4.69, 9.17) is 0 Å². The third kappa shape index (κ3) is 6.72. The Kier molecular flexibility index (Phi) is 8.40. The number of halogens is 1. The van der Waals surface area contributed by atoms with Crippen LogP contribution < -0.4 is 0 Å². The summed E-state index contributed by atoms with van der Waals surface area (Å²) in [5.41, 5.74) is 1.74. The van der Waals surface area contributed by atoms with Gasteiger partial charge in [0.2, 0.25) is 15.9 Å². The van der Waals surface area contributed by atoms with Gasteiger partial charge in [-0.2, -0.15) is 4.31 Å². The number of aryl methyl sites for hydroxylation is 2. The van der Waals surface area contributed by atoms with E-state index in [2.05, 4.69) is 0 Å². The first-order chi connectivity index (χ1) is 15.7. The molecule has 0 unspecified atom stereocenters. The number of hydrogen-bond acceptors (Lipinski definition) is 4. The maximum absolute atomic E-state index is 13.4. The van der Waals surface area contributed by atoms with Crippen molar-refractivity contribution in [3.63, 3.8) is 0 Å². The standard InChI is InChI=1S/C25H29FN2O3S2/c1-4-15-28(33(30,31)24-13-5-19(2)6-14-24)18-25(29)27(17-23-12-7-20(3)32-23)16-21-8-10-22(26)11-9-21/h5-14H,4,15-18H2,1-3H3. The van der Waals surface area contributed by atoms with Crippen LogP contribution in [0.2, 0.25) is 0 Å². The van der Waals surface area contributed by atoms with Gasteiger partial charge in [0.1, 0.15) is 5.82 Å². The number of sulfonamides is 1. The average molecular weight is 489 g/mol. The molecule has 0 spiro atoms. The average Bonchev–Trinajstić information content (AvgIpc) is 3.19. The van der Waals surface area contributed by atoms with Crippen LogP contribution in [0.5, 0.6) is 0 Å². The number of nitrogens with zero attached hydrogens (tertiary/aromatic N) is 2. The summed E-state index contributed by atoms with van der Waals surface area (Å²) in [6.07, 6.45) is 0.584. The first-order valence-electron chi connectivity index (χ1n) is 10.8. The van der Waals surface area contributed by atoms with Crippen LogP contribution in [-0.4, -0.2) is 36.6 Å². The van der Waals surface area contributed by atoms with E-state index in [1.807, 2.05) is 32.9 Å². The van der Waals surface area contributed by atoms with Gasteiger partial charge in [0.05, 0.1) is 18.0 Å². The molecule has 33 heavy (non-hydrogen) atoms. The molecule has 0 atom stereocenters. The van der Waals surface area contributed by atoms with Gasteiger partial charge in [-0.3, -0.25) is 4.79 Å². The molecular formula is C25H29FN2O3S2. The second-order valence-electron chi connectivity index (χ2n) is 8.04. The molecule has 2 aromatic carbocycles. The summed E-state index contributed by atoms with van der Waals surface area (Å²) < 4.78 is 41.1. The van der Waals surface area contributed by atoms with E-state index in [-0.39, 0.29) is 36.3 Å². The van der Waals surface area contributed by atoms with E-state index in [0.29, 0.717) is 13.0 Å². The van der Waals surface area contributed by atoms with Crippen molar-refractivity contribution in [2.24, 2.45) is 0 Å². The van der Waals surface area contributed by atoms with Crippen molar-refractivity contribution in [1.82, 2.24) is 9.21 Å². The van der Waals surface area contributed by atoms with Gasteiger partial charge < -0.3 is 4.90 Å². The molecule has 0 aliphatic heterocycles. The number of carbonyl (C=O) groups excluding carboxylic acids is 1. The second-order valence-corrected chi connectivity index (χ2v) is 11.4. The number of carbonyl (C=O) groups is 1. The first kappa shape index (κ1) is 25.1. The van der Waals surface area contributed by atoms with Gasteiger partial charge >= 0.3 is 0 Å². The van der Waals surface area contributed by atoms with Gasteiger partial charge in [-0.1, -0.05) is 36.8 Å². The Balaban J connectivity index is 1.85. The number of amides is 1. The Morgan fingerprint density at radius 3 is 2.18 bits per heavy atom. The van der Waals surface area contributed by atoms with Crippen LogP contribution in [0.1, 0.15) is 34.2 Å². The summed E-state index contributed by atoms with van der Waals surface area (Å²) in [4.78, 5) is 17.3. The lowest BCUT2D eigenvalue weighted by molar-refractivity contribution is -0.132. The highest BCUT2D eigenvalue weighted by Gasteiger charge is 2.28. The highest BCUT2D eigenvalue weighted by Crippen LogP contribution is 2.21. The fourth-order valence-electron chi connectivity index (χ4n) is 3.44. The van der Waals surface area contributed by atoms with Crippen LogP contribution in [0.15, 0.2) is 65.6 Å². The minimum Gasteiger partial charge on any atom is -0.332 e. The van der Waals surface area contributed by atoms with Crippen LogP contribution in [0.3, 0.4) is 0 Å². The highest BCUT2D eigenvalue weighted by molar-refractivity contribution is 7.89. The third-order valence-corrected chi connectivity index (χ3v) is 8.07. The van der Waals surface area contributed by atoms with Gasteiger partial charge in [0.25, 0.3) is 0 Å². The molecule has 0 N–H and O–H groups in total. The number of hydrogen-bond donors (Lipinski definition) is 0. The van der Waals surface area contributed by atoms with Crippen molar-refractivity contribution in [2.75, 3.05) is 13.1 Å². The summed E-state index contributed by atoms with van der Waals surface area (Å²) in [7, 11) is -3.82. The van der Waals surface area contributed by atoms with Gasteiger partial charge in [-0.05, 0) is 62.2 Å². The van der Waals surface area contributed by atoms with Gasteiger partial charge in [-0.15, -0.1) is 11.3 Å². The predicted molar refractivity (Wildman–Crippen MR) is 130 cm³/mol. The molecule has 0 aliphatic rings. The van der Waals surface area contributed by atoms with E-state index in [1.54, 1.807) is 52.6 Å². The van der Waals surface area contributed by atoms with E-state index in [0.717, 1.165) is 20.9 Å². The largest absolute Gasteiger partial charge is 0.332 e. The molecule has 1 amide bonds. The first-order valence-corrected chi connectivity index (χ1v) is 13.1. The lowest BCUT2D eigenvalue weighted by Gasteiger charge is -2.27. The molecular weight excluding hydrogens is 459 g/mol. The zero-order valence-electron chi connectivity index (χ0n) is 19.1. The van der Waals surface area contributed by atoms with Gasteiger partial charge in [-0.25, -0.2) is 12.8 Å². The molecule has 1 aromatic heterocycles. The lowest BCUT2D eigenvalue weighted by atomic mass is 10.2. The Morgan fingerprint density at radius 1 is 0.939 bits per heavy atom.